The second-order valence-electron chi connectivity index (χ2n) is 5.82. The average Bonchev–Trinajstić information content (AvgIpc) is 2.50. The van der Waals surface area contributed by atoms with E-state index in [-0.39, 0.29) is 11.8 Å². The molecule has 1 heterocycles. The van der Waals surface area contributed by atoms with Gasteiger partial charge in [-0.2, -0.15) is 0 Å². The number of hydrogen-bond donors (Lipinski definition) is 1. The molecule has 2 amide bonds. The highest BCUT2D eigenvalue weighted by atomic mass is 16.2. The number of amides is 2. The maximum absolute atomic E-state index is 11.9. The summed E-state index contributed by atoms with van der Waals surface area (Å²) in [6.07, 6.45) is 0. The standard InChI is InChI=1S/C16H24N4O2/c1-18(2)14(21)12-19-8-10-20(11-9-19)15(16(17)22)13-6-4-3-5-7-13/h3-7,15H,8-12H2,1-2H3,(H2,17,22)/t15-/m0/s1. The van der Waals surface area contributed by atoms with Crippen molar-refractivity contribution in [2.45, 2.75) is 6.04 Å². The van der Waals surface area contributed by atoms with Crippen molar-refractivity contribution in [1.29, 1.82) is 0 Å². The number of nitrogens with two attached hydrogens (primary N) is 1. The lowest BCUT2D eigenvalue weighted by Crippen LogP contribution is -2.52. The number of likely N-dealkylation sites (N-methyl/N-ethyl adjacent to an activating group) is 1. The largest absolute Gasteiger partial charge is 0.368 e. The van der Waals surface area contributed by atoms with Crippen molar-refractivity contribution in [3.05, 3.63) is 35.9 Å². The first-order valence-electron chi connectivity index (χ1n) is 7.50. The second-order valence-corrected chi connectivity index (χ2v) is 5.82. The fraction of sp³-hybridized carbons (Fsp3) is 0.500. The van der Waals surface area contributed by atoms with Crippen LogP contribution in [0.2, 0.25) is 0 Å². The van der Waals surface area contributed by atoms with Gasteiger partial charge in [0, 0.05) is 40.3 Å². The molecule has 2 N–H and O–H groups in total. The van der Waals surface area contributed by atoms with Crippen LogP contribution in [-0.4, -0.2) is 73.3 Å². The van der Waals surface area contributed by atoms with Gasteiger partial charge in [-0.05, 0) is 5.56 Å². The molecule has 1 aromatic carbocycles. The molecule has 0 saturated carbocycles. The van der Waals surface area contributed by atoms with Crippen molar-refractivity contribution in [2.75, 3.05) is 46.8 Å². The SMILES string of the molecule is CN(C)C(=O)CN1CCN([C@H](C(N)=O)c2ccccc2)CC1. The van der Waals surface area contributed by atoms with Gasteiger partial charge in [0.05, 0.1) is 6.54 Å². The van der Waals surface area contributed by atoms with E-state index in [9.17, 15) is 9.59 Å². The Kier molecular flexibility index (Phi) is 5.51. The third-order valence-corrected chi connectivity index (χ3v) is 4.01. The van der Waals surface area contributed by atoms with Gasteiger partial charge in [-0.25, -0.2) is 0 Å². The number of piperazine rings is 1. The highest BCUT2D eigenvalue weighted by Crippen LogP contribution is 2.21. The van der Waals surface area contributed by atoms with Crippen LogP contribution in [-0.2, 0) is 9.59 Å². The smallest absolute Gasteiger partial charge is 0.239 e. The van der Waals surface area contributed by atoms with Crippen molar-refractivity contribution < 1.29 is 9.59 Å². The normalized spacial score (nSPS) is 17.9. The second kappa shape index (κ2) is 7.38. The van der Waals surface area contributed by atoms with Crippen LogP contribution in [0.4, 0.5) is 0 Å². The zero-order valence-corrected chi connectivity index (χ0v) is 13.2. The van der Waals surface area contributed by atoms with Gasteiger partial charge in [0.2, 0.25) is 11.8 Å². The van der Waals surface area contributed by atoms with Gasteiger partial charge in [-0.1, -0.05) is 30.3 Å². The first-order chi connectivity index (χ1) is 10.5. The molecule has 1 aromatic rings. The first kappa shape index (κ1) is 16.5. The molecule has 0 aliphatic carbocycles. The Morgan fingerprint density at radius 3 is 2.23 bits per heavy atom. The highest BCUT2D eigenvalue weighted by Gasteiger charge is 2.29. The van der Waals surface area contributed by atoms with Crippen molar-refractivity contribution in [3.63, 3.8) is 0 Å². The fourth-order valence-corrected chi connectivity index (χ4v) is 2.70. The maximum Gasteiger partial charge on any atom is 0.239 e. The zero-order chi connectivity index (χ0) is 16.1. The van der Waals surface area contributed by atoms with Crippen LogP contribution in [0.3, 0.4) is 0 Å². The summed E-state index contributed by atoms with van der Waals surface area (Å²) in [5, 5.41) is 0. The first-order valence-corrected chi connectivity index (χ1v) is 7.50. The monoisotopic (exact) mass is 304 g/mol. The van der Waals surface area contributed by atoms with Crippen molar-refractivity contribution in [1.82, 2.24) is 14.7 Å². The van der Waals surface area contributed by atoms with Crippen molar-refractivity contribution in [2.24, 2.45) is 5.73 Å². The number of primary amides is 1. The Labute approximate surface area is 131 Å². The molecular weight excluding hydrogens is 280 g/mol. The van der Waals surface area contributed by atoms with E-state index in [2.05, 4.69) is 9.80 Å². The Morgan fingerprint density at radius 2 is 1.73 bits per heavy atom. The molecular formula is C16H24N4O2. The molecule has 1 saturated heterocycles. The van der Waals surface area contributed by atoms with Gasteiger partial charge < -0.3 is 10.6 Å². The van der Waals surface area contributed by atoms with Crippen LogP contribution in [0.1, 0.15) is 11.6 Å². The Hall–Kier alpha value is -1.92. The van der Waals surface area contributed by atoms with Crippen molar-refractivity contribution >= 4 is 11.8 Å². The van der Waals surface area contributed by atoms with Crippen LogP contribution >= 0.6 is 0 Å². The van der Waals surface area contributed by atoms with E-state index in [1.165, 1.54) is 0 Å². The number of rotatable bonds is 5. The molecule has 1 aliphatic rings. The molecule has 0 bridgehead atoms. The minimum Gasteiger partial charge on any atom is -0.368 e. The van der Waals surface area contributed by atoms with Gasteiger partial charge in [0.25, 0.3) is 0 Å². The minimum absolute atomic E-state index is 0.1000. The van der Waals surface area contributed by atoms with E-state index >= 15 is 0 Å². The molecule has 0 spiro atoms. The van der Waals surface area contributed by atoms with Gasteiger partial charge >= 0.3 is 0 Å². The van der Waals surface area contributed by atoms with Crippen LogP contribution in [0.5, 0.6) is 0 Å². The molecule has 2 rings (SSSR count). The molecule has 0 aromatic heterocycles. The summed E-state index contributed by atoms with van der Waals surface area (Å²) in [6, 6.07) is 9.21. The maximum atomic E-state index is 11.9. The predicted octanol–water partition coefficient (Wildman–Crippen LogP) is -0.0812. The topological polar surface area (TPSA) is 69.9 Å². The van der Waals surface area contributed by atoms with E-state index < -0.39 is 6.04 Å². The third kappa shape index (κ3) is 4.05. The summed E-state index contributed by atoms with van der Waals surface area (Å²) in [5.74, 6) is -0.230. The Morgan fingerprint density at radius 1 is 1.14 bits per heavy atom. The molecule has 6 heteroatoms. The van der Waals surface area contributed by atoms with Crippen molar-refractivity contribution in [3.8, 4) is 0 Å². The van der Waals surface area contributed by atoms with Gasteiger partial charge in [-0.3, -0.25) is 19.4 Å². The van der Waals surface area contributed by atoms with E-state index in [0.717, 1.165) is 31.7 Å². The predicted molar refractivity (Wildman–Crippen MR) is 85.1 cm³/mol. The van der Waals surface area contributed by atoms with E-state index in [4.69, 9.17) is 5.73 Å². The van der Waals surface area contributed by atoms with Gasteiger partial charge in [-0.15, -0.1) is 0 Å². The molecule has 0 radical (unpaired) electrons. The van der Waals surface area contributed by atoms with E-state index in [1.807, 2.05) is 30.3 Å². The molecule has 1 fully saturated rings. The molecule has 6 nitrogen and oxygen atoms in total. The number of nitrogens with zero attached hydrogens (tertiary/aromatic N) is 3. The number of carbonyl (C=O) groups excluding carboxylic acids is 2. The number of carbonyl (C=O) groups is 2. The Balaban J connectivity index is 1.97. The van der Waals surface area contributed by atoms with Gasteiger partial charge in [0.15, 0.2) is 0 Å². The lowest BCUT2D eigenvalue weighted by Gasteiger charge is -2.38. The quantitative estimate of drug-likeness (QED) is 0.826. The highest BCUT2D eigenvalue weighted by molar-refractivity contribution is 5.81. The fourth-order valence-electron chi connectivity index (χ4n) is 2.70. The van der Waals surface area contributed by atoms with Crippen LogP contribution in [0, 0.1) is 0 Å². The summed E-state index contributed by atoms with van der Waals surface area (Å²) in [5.41, 5.74) is 6.52. The summed E-state index contributed by atoms with van der Waals surface area (Å²) in [6.45, 7) is 3.40. The van der Waals surface area contributed by atoms with E-state index in [1.54, 1.807) is 19.0 Å². The van der Waals surface area contributed by atoms with Gasteiger partial charge in [0.1, 0.15) is 6.04 Å². The summed E-state index contributed by atoms with van der Waals surface area (Å²) < 4.78 is 0. The summed E-state index contributed by atoms with van der Waals surface area (Å²) in [7, 11) is 3.52. The van der Waals surface area contributed by atoms with Crippen LogP contribution in [0.15, 0.2) is 30.3 Å². The summed E-state index contributed by atoms with van der Waals surface area (Å²) in [4.78, 5) is 29.4. The lowest BCUT2D eigenvalue weighted by molar-refractivity contribution is -0.131. The molecule has 120 valence electrons. The van der Waals surface area contributed by atoms with Crippen LogP contribution in [0.25, 0.3) is 0 Å². The van der Waals surface area contributed by atoms with E-state index in [0.29, 0.717) is 6.54 Å². The molecule has 1 aliphatic heterocycles. The average molecular weight is 304 g/mol. The Bertz CT molecular complexity index is 510. The zero-order valence-electron chi connectivity index (χ0n) is 13.2. The lowest BCUT2D eigenvalue weighted by atomic mass is 10.0. The molecule has 22 heavy (non-hydrogen) atoms. The number of hydrogen-bond acceptors (Lipinski definition) is 4. The molecule has 1 atom stereocenters. The number of benzene rings is 1. The minimum atomic E-state index is -0.395. The van der Waals surface area contributed by atoms with Crippen LogP contribution < -0.4 is 5.73 Å². The summed E-state index contributed by atoms with van der Waals surface area (Å²) >= 11 is 0. The third-order valence-electron chi connectivity index (χ3n) is 4.01. The molecule has 0 unspecified atom stereocenters.